The Bertz CT molecular complexity index is 1150. The molecule has 0 aromatic heterocycles. The molecule has 178 valence electrons. The molecule has 0 radical (unpaired) electrons. The Morgan fingerprint density at radius 3 is 2.59 bits per heavy atom. The first-order valence-corrected chi connectivity index (χ1v) is 13.0. The van der Waals surface area contributed by atoms with E-state index in [4.69, 9.17) is 9.47 Å². The SMILES string of the molecule is CCOc1cc(C=C2SC(N(C(C)=O)c3ccc(C)cc3)=NC2=O)cc(Br)c1OC1CCCC1. The molecular weight excluding hydrogens is 516 g/mol. The molecule has 4 rings (SSSR count). The van der Waals surface area contributed by atoms with Crippen molar-refractivity contribution in [2.24, 2.45) is 4.99 Å². The van der Waals surface area contributed by atoms with Gasteiger partial charge in [0.1, 0.15) is 0 Å². The number of benzene rings is 2. The number of hydrogen-bond donors (Lipinski definition) is 0. The number of carbonyl (C=O) groups is 2. The summed E-state index contributed by atoms with van der Waals surface area (Å²) in [7, 11) is 0. The predicted octanol–water partition coefficient (Wildman–Crippen LogP) is 6.50. The zero-order chi connectivity index (χ0) is 24.2. The van der Waals surface area contributed by atoms with Crippen molar-refractivity contribution in [2.75, 3.05) is 11.5 Å². The second-order valence-corrected chi connectivity index (χ2v) is 10.2. The summed E-state index contributed by atoms with van der Waals surface area (Å²) in [5.74, 6) is 0.746. The number of aryl methyl sites for hydroxylation is 1. The van der Waals surface area contributed by atoms with E-state index in [1.807, 2.05) is 50.2 Å². The Morgan fingerprint density at radius 2 is 1.94 bits per heavy atom. The summed E-state index contributed by atoms with van der Waals surface area (Å²) in [4.78, 5) is 31.2. The highest BCUT2D eigenvalue weighted by Crippen LogP contribution is 2.41. The van der Waals surface area contributed by atoms with Crippen LogP contribution >= 0.6 is 27.7 Å². The second-order valence-electron chi connectivity index (χ2n) is 8.29. The number of rotatable bonds is 6. The maximum absolute atomic E-state index is 12.7. The van der Waals surface area contributed by atoms with Crippen LogP contribution in [-0.4, -0.2) is 29.7 Å². The highest BCUT2D eigenvalue weighted by Gasteiger charge is 2.29. The topological polar surface area (TPSA) is 68.2 Å². The Kier molecular flexibility index (Phi) is 7.78. The third-order valence-electron chi connectivity index (χ3n) is 5.62. The van der Waals surface area contributed by atoms with Gasteiger partial charge in [-0.1, -0.05) is 17.7 Å². The average Bonchev–Trinajstić information content (AvgIpc) is 3.42. The lowest BCUT2D eigenvalue weighted by Crippen LogP contribution is -2.32. The molecule has 2 aromatic carbocycles. The van der Waals surface area contributed by atoms with Crippen LogP contribution < -0.4 is 14.4 Å². The van der Waals surface area contributed by atoms with Crippen LogP contribution in [0.5, 0.6) is 11.5 Å². The summed E-state index contributed by atoms with van der Waals surface area (Å²) in [6.45, 7) is 5.87. The molecule has 0 spiro atoms. The molecule has 0 N–H and O–H groups in total. The first-order valence-electron chi connectivity index (χ1n) is 11.4. The van der Waals surface area contributed by atoms with Crippen LogP contribution in [0.4, 0.5) is 5.69 Å². The van der Waals surface area contributed by atoms with Crippen molar-refractivity contribution in [3.05, 3.63) is 56.9 Å². The summed E-state index contributed by atoms with van der Waals surface area (Å²) >= 11 is 4.81. The van der Waals surface area contributed by atoms with Crippen molar-refractivity contribution in [1.82, 2.24) is 0 Å². The smallest absolute Gasteiger partial charge is 0.286 e. The fraction of sp³-hybridized carbons (Fsp3) is 0.346. The number of nitrogens with zero attached hydrogens (tertiary/aromatic N) is 2. The van der Waals surface area contributed by atoms with Gasteiger partial charge in [0.2, 0.25) is 5.91 Å². The van der Waals surface area contributed by atoms with Crippen LogP contribution in [0.3, 0.4) is 0 Å². The molecule has 0 unspecified atom stereocenters. The van der Waals surface area contributed by atoms with Gasteiger partial charge in [-0.3, -0.25) is 14.5 Å². The van der Waals surface area contributed by atoms with Gasteiger partial charge in [0.05, 0.1) is 27.8 Å². The maximum atomic E-state index is 12.7. The number of amides is 2. The molecule has 1 aliphatic heterocycles. The van der Waals surface area contributed by atoms with E-state index in [-0.39, 0.29) is 17.9 Å². The van der Waals surface area contributed by atoms with E-state index in [9.17, 15) is 9.59 Å². The van der Waals surface area contributed by atoms with Gasteiger partial charge < -0.3 is 9.47 Å². The number of aliphatic imine (C=N–C) groups is 1. The summed E-state index contributed by atoms with van der Waals surface area (Å²) in [5, 5.41) is 0.345. The van der Waals surface area contributed by atoms with Crippen molar-refractivity contribution in [3.63, 3.8) is 0 Å². The fourth-order valence-corrected chi connectivity index (χ4v) is 5.52. The molecule has 2 amide bonds. The normalized spacial score (nSPS) is 17.2. The molecular formula is C26H27BrN2O4S. The predicted molar refractivity (Wildman–Crippen MR) is 141 cm³/mol. The first-order chi connectivity index (χ1) is 16.4. The molecule has 2 aromatic rings. The van der Waals surface area contributed by atoms with Gasteiger partial charge in [-0.25, -0.2) is 0 Å². The Morgan fingerprint density at radius 1 is 1.24 bits per heavy atom. The van der Waals surface area contributed by atoms with Crippen molar-refractivity contribution < 1.29 is 19.1 Å². The average molecular weight is 543 g/mol. The van der Waals surface area contributed by atoms with Crippen molar-refractivity contribution in [2.45, 2.75) is 52.6 Å². The number of anilines is 1. The van der Waals surface area contributed by atoms with Crippen LogP contribution in [0, 0.1) is 6.92 Å². The highest BCUT2D eigenvalue weighted by molar-refractivity contribution is 9.10. The number of ether oxygens (including phenoxy) is 2. The Labute approximate surface area is 212 Å². The largest absolute Gasteiger partial charge is 0.490 e. The summed E-state index contributed by atoms with van der Waals surface area (Å²) in [6, 6.07) is 11.3. The minimum absolute atomic E-state index is 0.196. The summed E-state index contributed by atoms with van der Waals surface area (Å²) in [6.07, 6.45) is 6.41. The van der Waals surface area contributed by atoms with E-state index in [1.165, 1.54) is 36.4 Å². The van der Waals surface area contributed by atoms with Gasteiger partial charge >= 0.3 is 0 Å². The van der Waals surface area contributed by atoms with E-state index >= 15 is 0 Å². The highest BCUT2D eigenvalue weighted by atomic mass is 79.9. The molecule has 1 fully saturated rings. The molecule has 2 aliphatic rings. The van der Waals surface area contributed by atoms with E-state index in [1.54, 1.807) is 6.08 Å². The van der Waals surface area contributed by atoms with Gasteiger partial charge in [0, 0.05) is 6.92 Å². The van der Waals surface area contributed by atoms with Crippen LogP contribution in [0.2, 0.25) is 0 Å². The van der Waals surface area contributed by atoms with Gasteiger partial charge in [0.25, 0.3) is 5.91 Å². The summed E-state index contributed by atoms with van der Waals surface area (Å²) in [5.41, 5.74) is 2.54. The number of carbonyl (C=O) groups excluding carboxylic acids is 2. The maximum Gasteiger partial charge on any atom is 0.286 e. The molecule has 6 nitrogen and oxygen atoms in total. The Balaban J connectivity index is 1.60. The van der Waals surface area contributed by atoms with Gasteiger partial charge in [-0.15, -0.1) is 0 Å². The van der Waals surface area contributed by atoms with Crippen molar-refractivity contribution in [3.8, 4) is 11.5 Å². The lowest BCUT2D eigenvalue weighted by Gasteiger charge is -2.20. The molecule has 0 saturated heterocycles. The third-order valence-corrected chi connectivity index (χ3v) is 7.18. The minimum Gasteiger partial charge on any atom is -0.490 e. The lowest BCUT2D eigenvalue weighted by molar-refractivity contribution is -0.115. The van der Waals surface area contributed by atoms with Crippen LogP contribution in [0.1, 0.15) is 50.7 Å². The minimum atomic E-state index is -0.376. The quantitative estimate of drug-likeness (QED) is 0.389. The van der Waals surface area contributed by atoms with Crippen LogP contribution in [0.25, 0.3) is 6.08 Å². The van der Waals surface area contributed by atoms with Crippen molar-refractivity contribution in [1.29, 1.82) is 0 Å². The van der Waals surface area contributed by atoms with E-state index < -0.39 is 0 Å². The third kappa shape index (κ3) is 5.55. The molecule has 1 saturated carbocycles. The van der Waals surface area contributed by atoms with Crippen LogP contribution in [-0.2, 0) is 9.59 Å². The molecule has 0 atom stereocenters. The van der Waals surface area contributed by atoms with Crippen molar-refractivity contribution >= 4 is 56.4 Å². The molecule has 1 heterocycles. The second kappa shape index (κ2) is 10.8. The summed E-state index contributed by atoms with van der Waals surface area (Å²) < 4.78 is 12.9. The fourth-order valence-electron chi connectivity index (χ4n) is 3.99. The standard InChI is InChI=1S/C26H27BrN2O4S/c1-4-32-22-14-18(13-21(27)24(22)33-20-7-5-6-8-20)15-23-25(31)28-26(34-23)29(17(3)30)19-11-9-16(2)10-12-19/h9-15,20H,4-8H2,1-3H3. The monoisotopic (exact) mass is 542 g/mol. The lowest BCUT2D eigenvalue weighted by atomic mass is 10.1. The number of thioether (sulfide) groups is 1. The van der Waals surface area contributed by atoms with Gasteiger partial charge in [-0.05, 0) is 103 Å². The van der Waals surface area contributed by atoms with Crippen LogP contribution in [0.15, 0.2) is 50.8 Å². The molecule has 1 aliphatic carbocycles. The van der Waals surface area contributed by atoms with Gasteiger partial charge in [0.15, 0.2) is 16.7 Å². The number of halogens is 1. The van der Waals surface area contributed by atoms with Gasteiger partial charge in [-0.2, -0.15) is 4.99 Å². The number of hydrogen-bond acceptors (Lipinski definition) is 5. The van der Waals surface area contributed by atoms with E-state index in [0.29, 0.717) is 33.9 Å². The van der Waals surface area contributed by atoms with E-state index in [0.717, 1.165) is 28.4 Å². The first kappa shape index (κ1) is 24.5. The number of amidine groups is 1. The molecule has 34 heavy (non-hydrogen) atoms. The van der Waals surface area contributed by atoms with E-state index in [2.05, 4.69) is 20.9 Å². The Hall–Kier alpha value is -2.58. The molecule has 8 heteroatoms. The molecule has 0 bridgehead atoms. The zero-order valence-electron chi connectivity index (χ0n) is 19.5. The zero-order valence-corrected chi connectivity index (χ0v) is 21.9.